The first-order valence-corrected chi connectivity index (χ1v) is 14.2. The minimum Gasteiger partial charge on any atom is -0.456 e. The van der Waals surface area contributed by atoms with Crippen molar-refractivity contribution in [3.63, 3.8) is 0 Å². The quantitative estimate of drug-likeness (QED) is 0.232. The van der Waals surface area contributed by atoms with Crippen LogP contribution < -0.4 is 4.90 Å². The molecule has 0 spiro atoms. The highest BCUT2D eigenvalue weighted by Crippen LogP contribution is 2.55. The third-order valence-electron chi connectivity index (χ3n) is 9.33. The third kappa shape index (κ3) is 3.78. The van der Waals surface area contributed by atoms with Gasteiger partial charge in [0.25, 0.3) is 0 Å². The van der Waals surface area contributed by atoms with Gasteiger partial charge in [-0.25, -0.2) is 0 Å². The zero-order chi connectivity index (χ0) is 25.8. The zero-order valence-corrected chi connectivity index (χ0v) is 22.0. The molecule has 0 atom stereocenters. The molecule has 2 heteroatoms. The number of nitrogens with zero attached hydrogens (tertiary/aromatic N) is 1. The largest absolute Gasteiger partial charge is 0.456 e. The summed E-state index contributed by atoms with van der Waals surface area (Å²) in [4.78, 5) is 2.32. The molecule has 1 heterocycles. The lowest BCUT2D eigenvalue weighted by Gasteiger charge is -2.27. The van der Waals surface area contributed by atoms with Crippen LogP contribution in [0.15, 0.2) is 126 Å². The summed E-state index contributed by atoms with van der Waals surface area (Å²) in [5, 5.41) is 2.28. The van der Waals surface area contributed by atoms with E-state index in [-0.39, 0.29) is 0 Å². The molecule has 0 N–H and O–H groups in total. The van der Waals surface area contributed by atoms with Crippen molar-refractivity contribution in [3.05, 3.63) is 127 Å². The second kappa shape index (κ2) is 8.88. The maximum atomic E-state index is 6.10. The van der Waals surface area contributed by atoms with Crippen LogP contribution in [0.3, 0.4) is 0 Å². The van der Waals surface area contributed by atoms with Gasteiger partial charge in [0, 0.05) is 27.8 Å². The van der Waals surface area contributed by atoms with Crippen molar-refractivity contribution in [1.82, 2.24) is 0 Å². The Morgan fingerprint density at radius 1 is 0.564 bits per heavy atom. The summed E-state index contributed by atoms with van der Waals surface area (Å²) in [5.41, 5.74) is 9.77. The molecule has 2 saturated carbocycles. The van der Waals surface area contributed by atoms with Crippen LogP contribution in [0.1, 0.15) is 37.7 Å². The Morgan fingerprint density at radius 2 is 1.18 bits per heavy atom. The highest BCUT2D eigenvalue weighted by Gasteiger charge is 2.45. The molecule has 0 amide bonds. The molecular formula is C37H31NO. The first-order chi connectivity index (χ1) is 19.3. The third-order valence-corrected chi connectivity index (χ3v) is 9.33. The second-order valence-corrected chi connectivity index (χ2v) is 11.5. The molecule has 5 aromatic carbocycles. The summed E-state index contributed by atoms with van der Waals surface area (Å²) in [6.07, 6.45) is 7.00. The Morgan fingerprint density at radius 3 is 1.90 bits per heavy atom. The van der Waals surface area contributed by atoms with E-state index in [1.807, 2.05) is 12.1 Å². The molecule has 6 aromatic rings. The monoisotopic (exact) mass is 505 g/mol. The molecule has 2 aliphatic rings. The van der Waals surface area contributed by atoms with Gasteiger partial charge < -0.3 is 9.32 Å². The molecule has 0 aliphatic heterocycles. The molecule has 8 rings (SSSR count). The standard InChI is InChI=1S/C37H31NO/c1-2-6-30(7-3-1)38(32-18-19-36-34(24-32)33-8-4-5-9-35(33)39-36)31-16-12-28(13-17-31)27-10-14-29(15-11-27)37-22-20-26(25-37)21-23-37/h1-19,24,26H,20-23,25H2. The number of benzene rings is 5. The molecule has 2 nitrogen and oxygen atoms in total. The fourth-order valence-electron chi connectivity index (χ4n) is 7.29. The van der Waals surface area contributed by atoms with Crippen molar-refractivity contribution >= 4 is 39.0 Å². The number of anilines is 3. The molecule has 190 valence electrons. The molecule has 1 aromatic heterocycles. The van der Waals surface area contributed by atoms with Crippen molar-refractivity contribution in [3.8, 4) is 11.1 Å². The van der Waals surface area contributed by atoms with E-state index in [9.17, 15) is 0 Å². The van der Waals surface area contributed by atoms with Crippen molar-refractivity contribution in [1.29, 1.82) is 0 Å². The van der Waals surface area contributed by atoms with Crippen LogP contribution in [-0.2, 0) is 5.41 Å². The lowest BCUT2D eigenvalue weighted by Crippen LogP contribution is -2.19. The van der Waals surface area contributed by atoms with Crippen LogP contribution in [0.5, 0.6) is 0 Å². The Bertz CT molecular complexity index is 1770. The molecule has 0 saturated heterocycles. The summed E-state index contributed by atoms with van der Waals surface area (Å²) < 4.78 is 6.10. The fraction of sp³-hybridized carbons (Fsp3) is 0.189. The van der Waals surface area contributed by atoms with E-state index in [2.05, 4.69) is 114 Å². The lowest BCUT2D eigenvalue weighted by molar-refractivity contribution is 0.419. The van der Waals surface area contributed by atoms with Gasteiger partial charge in [0.1, 0.15) is 11.2 Å². The van der Waals surface area contributed by atoms with Crippen LogP contribution in [0.4, 0.5) is 17.1 Å². The van der Waals surface area contributed by atoms with E-state index in [1.54, 1.807) is 5.56 Å². The number of hydrogen-bond acceptors (Lipinski definition) is 2. The van der Waals surface area contributed by atoms with Crippen molar-refractivity contribution < 1.29 is 4.42 Å². The second-order valence-electron chi connectivity index (χ2n) is 11.5. The maximum Gasteiger partial charge on any atom is 0.135 e. The van der Waals surface area contributed by atoms with E-state index in [0.717, 1.165) is 44.9 Å². The van der Waals surface area contributed by atoms with E-state index < -0.39 is 0 Å². The SMILES string of the molecule is c1ccc(N(c2ccc(-c3ccc(C45CCC(CC4)C5)cc3)cc2)c2ccc3oc4ccccc4c3c2)cc1. The van der Waals surface area contributed by atoms with Crippen LogP contribution in [-0.4, -0.2) is 0 Å². The van der Waals surface area contributed by atoms with Gasteiger partial charge in [0.2, 0.25) is 0 Å². The Kier molecular flexibility index (Phi) is 5.16. The van der Waals surface area contributed by atoms with Crippen LogP contribution in [0.2, 0.25) is 0 Å². The van der Waals surface area contributed by atoms with E-state index in [1.165, 1.54) is 43.2 Å². The highest BCUT2D eigenvalue weighted by molar-refractivity contribution is 6.06. The minimum absolute atomic E-state index is 0.463. The first kappa shape index (κ1) is 22.7. The van der Waals surface area contributed by atoms with Crippen LogP contribution >= 0.6 is 0 Å². The predicted octanol–water partition coefficient (Wildman–Crippen LogP) is 10.6. The van der Waals surface area contributed by atoms with Crippen molar-refractivity contribution in [2.75, 3.05) is 4.90 Å². The van der Waals surface area contributed by atoms with E-state index in [0.29, 0.717) is 5.41 Å². The Labute approximate surface area is 229 Å². The Hall–Kier alpha value is -4.30. The summed E-state index contributed by atoms with van der Waals surface area (Å²) in [6, 6.07) is 43.8. The average molecular weight is 506 g/mol. The average Bonchev–Trinajstić information content (AvgIpc) is 3.72. The highest BCUT2D eigenvalue weighted by atomic mass is 16.3. The zero-order valence-electron chi connectivity index (χ0n) is 22.0. The van der Waals surface area contributed by atoms with E-state index in [4.69, 9.17) is 4.42 Å². The summed E-state index contributed by atoms with van der Waals surface area (Å²) >= 11 is 0. The van der Waals surface area contributed by atoms with Gasteiger partial charge in [-0.1, -0.05) is 72.8 Å². The number of rotatable bonds is 5. The van der Waals surface area contributed by atoms with Gasteiger partial charge in [-0.05, 0) is 109 Å². The van der Waals surface area contributed by atoms with Gasteiger partial charge in [-0.2, -0.15) is 0 Å². The van der Waals surface area contributed by atoms with Gasteiger partial charge in [0.05, 0.1) is 0 Å². The van der Waals surface area contributed by atoms with Gasteiger partial charge in [0.15, 0.2) is 0 Å². The van der Waals surface area contributed by atoms with Gasteiger partial charge in [-0.3, -0.25) is 0 Å². The first-order valence-electron chi connectivity index (χ1n) is 14.2. The number of furan rings is 1. The van der Waals surface area contributed by atoms with Crippen molar-refractivity contribution in [2.45, 2.75) is 37.5 Å². The Balaban J connectivity index is 1.15. The molecular weight excluding hydrogens is 474 g/mol. The lowest BCUT2D eigenvalue weighted by atomic mass is 9.77. The van der Waals surface area contributed by atoms with Gasteiger partial charge in [-0.15, -0.1) is 0 Å². The summed E-state index contributed by atoms with van der Waals surface area (Å²) in [7, 11) is 0. The topological polar surface area (TPSA) is 16.4 Å². The minimum atomic E-state index is 0.463. The van der Waals surface area contributed by atoms with E-state index >= 15 is 0 Å². The molecule has 0 unspecified atom stereocenters. The molecule has 0 radical (unpaired) electrons. The van der Waals surface area contributed by atoms with Crippen LogP contribution in [0, 0.1) is 5.92 Å². The van der Waals surface area contributed by atoms with Gasteiger partial charge >= 0.3 is 0 Å². The number of fused-ring (bicyclic) bond motifs is 5. The fourth-order valence-corrected chi connectivity index (χ4v) is 7.29. The number of para-hydroxylation sites is 2. The normalized spacial score (nSPS) is 20.2. The smallest absolute Gasteiger partial charge is 0.135 e. The molecule has 39 heavy (non-hydrogen) atoms. The van der Waals surface area contributed by atoms with Crippen molar-refractivity contribution in [2.24, 2.45) is 5.92 Å². The number of hydrogen-bond donors (Lipinski definition) is 0. The molecule has 2 fully saturated rings. The molecule has 2 aliphatic carbocycles. The summed E-state index contributed by atoms with van der Waals surface area (Å²) in [5.74, 6) is 0.970. The predicted molar refractivity (Wildman–Crippen MR) is 162 cm³/mol. The summed E-state index contributed by atoms with van der Waals surface area (Å²) in [6.45, 7) is 0. The van der Waals surface area contributed by atoms with Crippen LogP contribution in [0.25, 0.3) is 33.1 Å². The maximum absolute atomic E-state index is 6.10. The molecule has 2 bridgehead atoms.